The van der Waals surface area contributed by atoms with Crippen molar-refractivity contribution in [1.82, 2.24) is 16.2 Å². The highest BCUT2D eigenvalue weighted by Crippen LogP contribution is 2.47. The average molecular weight is 357 g/mol. The van der Waals surface area contributed by atoms with Crippen molar-refractivity contribution in [3.05, 3.63) is 71.5 Å². The Labute approximate surface area is 149 Å². The van der Waals surface area contributed by atoms with Gasteiger partial charge in [-0.25, -0.2) is 4.39 Å². The number of thiocarbonyl (C=S) groups is 1. The van der Waals surface area contributed by atoms with Gasteiger partial charge in [0.2, 0.25) is 5.91 Å². The van der Waals surface area contributed by atoms with Crippen LogP contribution in [0.4, 0.5) is 4.39 Å². The third-order valence-electron chi connectivity index (χ3n) is 4.00. The number of carbonyl (C=O) groups is 2. The molecule has 128 valence electrons. The predicted octanol–water partition coefficient (Wildman–Crippen LogP) is 2.26. The molecule has 2 atom stereocenters. The monoisotopic (exact) mass is 357 g/mol. The number of hydrogen-bond donors (Lipinski definition) is 3. The maximum absolute atomic E-state index is 13.5. The first-order chi connectivity index (χ1) is 12.1. The maximum atomic E-state index is 13.5. The summed E-state index contributed by atoms with van der Waals surface area (Å²) in [6.07, 6.45) is 0.770. The van der Waals surface area contributed by atoms with Crippen molar-refractivity contribution in [2.45, 2.75) is 12.3 Å². The van der Waals surface area contributed by atoms with E-state index in [9.17, 15) is 14.0 Å². The topological polar surface area (TPSA) is 70.2 Å². The minimum atomic E-state index is -0.682. The molecule has 0 aromatic heterocycles. The van der Waals surface area contributed by atoms with Crippen LogP contribution in [-0.2, 0) is 4.79 Å². The van der Waals surface area contributed by atoms with Gasteiger partial charge in [0, 0.05) is 5.92 Å². The van der Waals surface area contributed by atoms with Crippen molar-refractivity contribution in [2.24, 2.45) is 5.92 Å². The molecular weight excluding hydrogens is 341 g/mol. The van der Waals surface area contributed by atoms with Crippen LogP contribution >= 0.6 is 12.2 Å². The average Bonchev–Trinajstić information content (AvgIpc) is 3.41. The van der Waals surface area contributed by atoms with Gasteiger partial charge in [0.25, 0.3) is 5.91 Å². The zero-order valence-corrected chi connectivity index (χ0v) is 14.0. The van der Waals surface area contributed by atoms with Crippen molar-refractivity contribution in [3.8, 4) is 0 Å². The van der Waals surface area contributed by atoms with Crippen LogP contribution in [0.25, 0.3) is 0 Å². The number of carbonyl (C=O) groups excluding carboxylic acids is 2. The SMILES string of the molecule is O=C(NC(=S)NNC(=O)[C@H]1C[C@@H]1c1ccccc1)c1ccccc1F. The van der Waals surface area contributed by atoms with Gasteiger partial charge in [0.05, 0.1) is 5.56 Å². The molecule has 0 unspecified atom stereocenters. The van der Waals surface area contributed by atoms with Gasteiger partial charge >= 0.3 is 0 Å². The molecule has 2 aromatic carbocycles. The Balaban J connectivity index is 1.46. The van der Waals surface area contributed by atoms with Crippen molar-refractivity contribution in [1.29, 1.82) is 0 Å². The van der Waals surface area contributed by atoms with Crippen LogP contribution in [-0.4, -0.2) is 16.9 Å². The van der Waals surface area contributed by atoms with E-state index >= 15 is 0 Å². The van der Waals surface area contributed by atoms with Crippen LogP contribution in [0.3, 0.4) is 0 Å². The Bertz CT molecular complexity index is 813. The van der Waals surface area contributed by atoms with Crippen LogP contribution in [0, 0.1) is 11.7 Å². The molecule has 3 N–H and O–H groups in total. The van der Waals surface area contributed by atoms with E-state index in [1.54, 1.807) is 6.07 Å². The summed E-state index contributed by atoms with van der Waals surface area (Å²) >= 11 is 4.94. The molecule has 5 nitrogen and oxygen atoms in total. The standard InChI is InChI=1S/C18H16FN3O2S/c19-15-9-5-4-8-12(15)16(23)20-18(25)22-21-17(24)14-10-13(14)11-6-2-1-3-7-11/h1-9,13-14H,10H2,(H,21,24)(H2,20,22,23,25)/t13-,14+/m1/s1. The summed E-state index contributed by atoms with van der Waals surface area (Å²) in [7, 11) is 0. The second kappa shape index (κ2) is 7.40. The molecule has 0 aliphatic heterocycles. The van der Waals surface area contributed by atoms with E-state index < -0.39 is 11.7 Å². The Kier molecular flexibility index (Phi) is 5.04. The molecule has 0 spiro atoms. The summed E-state index contributed by atoms with van der Waals surface area (Å²) in [6.45, 7) is 0. The molecule has 1 aliphatic carbocycles. The second-order valence-corrected chi connectivity index (χ2v) is 6.14. The van der Waals surface area contributed by atoms with Crippen molar-refractivity contribution < 1.29 is 14.0 Å². The van der Waals surface area contributed by atoms with Gasteiger partial charge < -0.3 is 0 Å². The first kappa shape index (κ1) is 17.0. The molecule has 0 saturated heterocycles. The van der Waals surface area contributed by atoms with Gasteiger partial charge in [-0.3, -0.25) is 25.8 Å². The third-order valence-corrected chi connectivity index (χ3v) is 4.20. The lowest BCUT2D eigenvalue weighted by Gasteiger charge is -2.11. The summed E-state index contributed by atoms with van der Waals surface area (Å²) in [5, 5.41) is 2.22. The summed E-state index contributed by atoms with van der Waals surface area (Å²) in [4.78, 5) is 24.0. The fourth-order valence-electron chi connectivity index (χ4n) is 2.61. The first-order valence-corrected chi connectivity index (χ1v) is 8.17. The smallest absolute Gasteiger partial charge is 0.260 e. The van der Waals surface area contributed by atoms with Crippen LogP contribution in [0.5, 0.6) is 0 Å². The van der Waals surface area contributed by atoms with E-state index in [4.69, 9.17) is 12.2 Å². The lowest BCUT2D eigenvalue weighted by molar-refractivity contribution is -0.123. The zero-order chi connectivity index (χ0) is 17.8. The molecule has 2 amide bonds. The normalized spacial score (nSPS) is 18.1. The first-order valence-electron chi connectivity index (χ1n) is 7.77. The lowest BCUT2D eigenvalue weighted by atomic mass is 10.1. The summed E-state index contributed by atoms with van der Waals surface area (Å²) in [5.74, 6) is -1.45. The highest BCUT2D eigenvalue weighted by atomic mass is 32.1. The fourth-order valence-corrected chi connectivity index (χ4v) is 2.76. The highest BCUT2D eigenvalue weighted by molar-refractivity contribution is 7.80. The molecule has 1 aliphatic rings. The van der Waals surface area contributed by atoms with Crippen molar-refractivity contribution in [3.63, 3.8) is 0 Å². The number of benzene rings is 2. The van der Waals surface area contributed by atoms with E-state index in [1.165, 1.54) is 18.2 Å². The predicted molar refractivity (Wildman–Crippen MR) is 95.0 cm³/mol. The Morgan fingerprint density at radius 1 is 1.00 bits per heavy atom. The van der Waals surface area contributed by atoms with Gasteiger partial charge in [-0.1, -0.05) is 42.5 Å². The van der Waals surface area contributed by atoms with E-state index in [2.05, 4.69) is 16.2 Å². The molecule has 0 radical (unpaired) electrons. The molecule has 2 aromatic rings. The van der Waals surface area contributed by atoms with E-state index in [0.717, 1.165) is 12.0 Å². The van der Waals surface area contributed by atoms with E-state index in [-0.39, 0.29) is 28.4 Å². The van der Waals surface area contributed by atoms with E-state index in [0.29, 0.717) is 0 Å². The van der Waals surface area contributed by atoms with Crippen molar-refractivity contribution >= 4 is 29.1 Å². The number of nitrogens with one attached hydrogen (secondary N) is 3. The zero-order valence-electron chi connectivity index (χ0n) is 13.2. The van der Waals surface area contributed by atoms with Crippen molar-refractivity contribution in [2.75, 3.05) is 0 Å². The molecule has 0 heterocycles. The number of hydrogen-bond acceptors (Lipinski definition) is 3. The quantitative estimate of drug-likeness (QED) is 0.582. The summed E-state index contributed by atoms with van der Waals surface area (Å²) in [6, 6.07) is 15.4. The van der Waals surface area contributed by atoms with Crippen LogP contribution in [0.1, 0.15) is 28.3 Å². The minimum Gasteiger partial charge on any atom is -0.298 e. The summed E-state index contributed by atoms with van der Waals surface area (Å²) < 4.78 is 13.5. The highest BCUT2D eigenvalue weighted by Gasteiger charge is 2.43. The summed E-state index contributed by atoms with van der Waals surface area (Å²) in [5.41, 5.74) is 5.95. The molecule has 25 heavy (non-hydrogen) atoms. The number of halogens is 1. The van der Waals surface area contributed by atoms with Gasteiger partial charge in [-0.2, -0.15) is 0 Å². The fraction of sp³-hybridized carbons (Fsp3) is 0.167. The molecule has 1 saturated carbocycles. The molecule has 0 bridgehead atoms. The Morgan fingerprint density at radius 3 is 2.40 bits per heavy atom. The minimum absolute atomic E-state index is 0.0986. The Morgan fingerprint density at radius 2 is 1.68 bits per heavy atom. The maximum Gasteiger partial charge on any atom is 0.260 e. The lowest BCUT2D eigenvalue weighted by Crippen LogP contribution is -2.49. The largest absolute Gasteiger partial charge is 0.298 e. The van der Waals surface area contributed by atoms with Gasteiger partial charge in [0.1, 0.15) is 5.82 Å². The number of hydrazine groups is 1. The van der Waals surface area contributed by atoms with Crippen LogP contribution < -0.4 is 16.2 Å². The number of amides is 2. The van der Waals surface area contributed by atoms with Gasteiger partial charge in [-0.05, 0) is 42.3 Å². The van der Waals surface area contributed by atoms with Crippen LogP contribution in [0.15, 0.2) is 54.6 Å². The third kappa shape index (κ3) is 4.19. The Hall–Kier alpha value is -2.80. The van der Waals surface area contributed by atoms with E-state index in [1.807, 2.05) is 30.3 Å². The molecular formula is C18H16FN3O2S. The molecule has 7 heteroatoms. The van der Waals surface area contributed by atoms with Gasteiger partial charge in [-0.15, -0.1) is 0 Å². The second-order valence-electron chi connectivity index (χ2n) is 5.74. The van der Waals surface area contributed by atoms with Gasteiger partial charge in [0.15, 0.2) is 5.11 Å². The van der Waals surface area contributed by atoms with Crippen LogP contribution in [0.2, 0.25) is 0 Å². The number of rotatable bonds is 3. The molecule has 3 rings (SSSR count). The molecule has 1 fully saturated rings.